The summed E-state index contributed by atoms with van der Waals surface area (Å²) in [6, 6.07) is -0.546. The summed E-state index contributed by atoms with van der Waals surface area (Å²) in [4.78, 5) is 24.5. The average Bonchev–Trinajstić information content (AvgIpc) is 3.29. The van der Waals surface area contributed by atoms with Gasteiger partial charge in [-0.3, -0.25) is 9.59 Å². The number of ether oxygens (including phenoxy) is 1. The third-order valence-electron chi connectivity index (χ3n) is 13.2. The van der Waals surface area contributed by atoms with Crippen LogP contribution in [-0.2, 0) is 14.3 Å². The van der Waals surface area contributed by atoms with Gasteiger partial charge in [-0.2, -0.15) is 0 Å². The second kappa shape index (κ2) is 54.0. The molecule has 1 amide bonds. The van der Waals surface area contributed by atoms with Crippen LogP contribution in [0.25, 0.3) is 0 Å². The number of amides is 1. The van der Waals surface area contributed by atoms with Gasteiger partial charge in [-0.25, -0.2) is 0 Å². The maximum atomic E-state index is 12.5. The summed E-state index contributed by atoms with van der Waals surface area (Å²) < 4.78 is 5.46. The first-order valence-corrected chi connectivity index (χ1v) is 28.6. The van der Waals surface area contributed by atoms with Gasteiger partial charge in [-0.05, 0) is 51.4 Å². The van der Waals surface area contributed by atoms with Crippen LogP contribution in [0.5, 0.6) is 0 Å². The maximum Gasteiger partial charge on any atom is 0.305 e. The Bertz CT molecular complexity index is 997. The Morgan fingerprint density at radius 2 is 0.812 bits per heavy atom. The molecule has 3 N–H and O–H groups in total. The number of aliphatic hydroxyl groups excluding tert-OH is 2. The van der Waals surface area contributed by atoms with E-state index >= 15 is 0 Å². The van der Waals surface area contributed by atoms with E-state index in [0.717, 1.165) is 51.4 Å². The molecule has 0 spiro atoms. The second-order valence-electron chi connectivity index (χ2n) is 19.6. The summed E-state index contributed by atoms with van der Waals surface area (Å²) in [5.41, 5.74) is 0. The van der Waals surface area contributed by atoms with E-state index in [-0.39, 0.29) is 18.5 Å². The lowest BCUT2D eigenvalue weighted by molar-refractivity contribution is -0.143. The largest absolute Gasteiger partial charge is 0.466 e. The number of carbonyl (C=O) groups is 2. The van der Waals surface area contributed by atoms with Gasteiger partial charge < -0.3 is 20.3 Å². The van der Waals surface area contributed by atoms with E-state index < -0.39 is 12.1 Å². The van der Waals surface area contributed by atoms with Crippen LogP contribution in [0.1, 0.15) is 309 Å². The molecular formula is C58H111NO5. The maximum absolute atomic E-state index is 12.5. The molecule has 0 saturated carbocycles. The molecule has 2 atom stereocenters. The number of carbonyl (C=O) groups excluding carboxylic acids is 2. The summed E-state index contributed by atoms with van der Waals surface area (Å²) in [5.74, 6) is -0.0484. The van der Waals surface area contributed by atoms with E-state index in [1.807, 2.05) is 0 Å². The summed E-state index contributed by atoms with van der Waals surface area (Å²) in [6.45, 7) is 4.89. The fraction of sp³-hybridized carbons (Fsp3) is 0.897. The number of hydrogen-bond acceptors (Lipinski definition) is 5. The minimum absolute atomic E-state index is 0.00966. The molecule has 6 nitrogen and oxygen atoms in total. The van der Waals surface area contributed by atoms with Crippen molar-refractivity contribution in [2.75, 3.05) is 13.2 Å². The molecule has 6 heteroatoms. The predicted molar refractivity (Wildman–Crippen MR) is 278 cm³/mol. The molecule has 0 aliphatic rings. The van der Waals surface area contributed by atoms with Gasteiger partial charge in [0.2, 0.25) is 5.91 Å². The Hall–Kier alpha value is -1.66. The highest BCUT2D eigenvalue weighted by molar-refractivity contribution is 5.76. The van der Waals surface area contributed by atoms with E-state index in [4.69, 9.17) is 4.74 Å². The van der Waals surface area contributed by atoms with Gasteiger partial charge in [0, 0.05) is 12.8 Å². The Balaban J connectivity index is 3.42. The van der Waals surface area contributed by atoms with Gasteiger partial charge in [0.15, 0.2) is 0 Å². The van der Waals surface area contributed by atoms with E-state index in [9.17, 15) is 19.8 Å². The van der Waals surface area contributed by atoms with E-state index in [1.165, 1.54) is 225 Å². The van der Waals surface area contributed by atoms with E-state index in [2.05, 4.69) is 43.5 Å². The third kappa shape index (κ3) is 49.8. The van der Waals surface area contributed by atoms with Gasteiger partial charge in [0.05, 0.1) is 25.4 Å². The predicted octanol–water partition coefficient (Wildman–Crippen LogP) is 17.5. The van der Waals surface area contributed by atoms with Gasteiger partial charge in [0.1, 0.15) is 0 Å². The minimum atomic E-state index is -0.668. The van der Waals surface area contributed by atoms with Crippen molar-refractivity contribution in [3.63, 3.8) is 0 Å². The summed E-state index contributed by atoms with van der Waals surface area (Å²) >= 11 is 0. The monoisotopic (exact) mass is 902 g/mol. The zero-order valence-electron chi connectivity index (χ0n) is 43.0. The van der Waals surface area contributed by atoms with Crippen molar-refractivity contribution in [3.05, 3.63) is 24.3 Å². The molecular weight excluding hydrogens is 791 g/mol. The molecule has 0 aromatic carbocycles. The zero-order valence-corrected chi connectivity index (χ0v) is 43.0. The summed E-state index contributed by atoms with van der Waals surface area (Å²) in [7, 11) is 0. The first kappa shape index (κ1) is 62.3. The number of allylic oxidation sites excluding steroid dienone is 4. The van der Waals surface area contributed by atoms with Crippen LogP contribution in [0, 0.1) is 0 Å². The first-order valence-electron chi connectivity index (χ1n) is 28.6. The summed E-state index contributed by atoms with van der Waals surface area (Å²) in [5, 5.41) is 23.3. The van der Waals surface area contributed by atoms with Crippen molar-refractivity contribution >= 4 is 11.9 Å². The SMILES string of the molecule is CCC/C=C\C/C=C\CCCCCCCC(=O)OCCCCCCCCCCCCCCCCCCCC(=O)NC(CO)C(O)CCCCCCCCCCCCCCCCCCC. The molecule has 0 aromatic rings. The lowest BCUT2D eigenvalue weighted by atomic mass is 10.0. The molecule has 0 radical (unpaired) electrons. The number of unbranched alkanes of at least 4 members (excludes halogenated alkanes) is 38. The molecule has 0 bridgehead atoms. The highest BCUT2D eigenvalue weighted by atomic mass is 16.5. The number of hydrogen-bond donors (Lipinski definition) is 3. The molecule has 2 unspecified atom stereocenters. The number of rotatable bonds is 53. The average molecular weight is 903 g/mol. The fourth-order valence-electron chi connectivity index (χ4n) is 8.85. The minimum Gasteiger partial charge on any atom is -0.466 e. The van der Waals surface area contributed by atoms with Crippen LogP contribution < -0.4 is 5.32 Å². The van der Waals surface area contributed by atoms with Crippen molar-refractivity contribution in [1.29, 1.82) is 0 Å². The van der Waals surface area contributed by atoms with Crippen LogP contribution in [0.15, 0.2) is 24.3 Å². The Kier molecular flexibility index (Phi) is 52.6. The third-order valence-corrected chi connectivity index (χ3v) is 13.2. The number of nitrogens with one attached hydrogen (secondary N) is 1. The number of esters is 1. The Morgan fingerprint density at radius 1 is 0.438 bits per heavy atom. The molecule has 0 aromatic heterocycles. The second-order valence-corrected chi connectivity index (χ2v) is 19.6. The highest BCUT2D eigenvalue weighted by Crippen LogP contribution is 2.17. The van der Waals surface area contributed by atoms with Gasteiger partial charge in [0.25, 0.3) is 0 Å². The molecule has 0 aliphatic heterocycles. The van der Waals surface area contributed by atoms with E-state index in [0.29, 0.717) is 25.9 Å². The quantitative estimate of drug-likeness (QED) is 0.0321. The van der Waals surface area contributed by atoms with Gasteiger partial charge in [-0.1, -0.05) is 269 Å². The van der Waals surface area contributed by atoms with Gasteiger partial charge in [-0.15, -0.1) is 0 Å². The van der Waals surface area contributed by atoms with Crippen molar-refractivity contribution < 1.29 is 24.5 Å². The molecule has 0 heterocycles. The zero-order chi connectivity index (χ0) is 46.5. The lowest BCUT2D eigenvalue weighted by Crippen LogP contribution is -2.45. The van der Waals surface area contributed by atoms with Gasteiger partial charge >= 0.3 is 5.97 Å². The summed E-state index contributed by atoms with van der Waals surface area (Å²) in [6.07, 6.45) is 64.5. The molecule has 378 valence electrons. The first-order chi connectivity index (χ1) is 31.5. The lowest BCUT2D eigenvalue weighted by Gasteiger charge is -2.22. The normalized spacial score (nSPS) is 12.8. The van der Waals surface area contributed by atoms with E-state index in [1.54, 1.807) is 0 Å². The van der Waals surface area contributed by atoms with Crippen molar-refractivity contribution in [1.82, 2.24) is 5.32 Å². The fourth-order valence-corrected chi connectivity index (χ4v) is 8.85. The molecule has 64 heavy (non-hydrogen) atoms. The topological polar surface area (TPSA) is 95.9 Å². The van der Waals surface area contributed by atoms with Crippen LogP contribution in [0.2, 0.25) is 0 Å². The van der Waals surface area contributed by atoms with Crippen molar-refractivity contribution in [2.24, 2.45) is 0 Å². The van der Waals surface area contributed by atoms with Crippen LogP contribution in [0.3, 0.4) is 0 Å². The molecule has 0 aliphatic carbocycles. The van der Waals surface area contributed by atoms with Crippen LogP contribution >= 0.6 is 0 Å². The highest BCUT2D eigenvalue weighted by Gasteiger charge is 2.20. The molecule has 0 rings (SSSR count). The molecule has 0 saturated heterocycles. The van der Waals surface area contributed by atoms with Crippen LogP contribution in [-0.4, -0.2) is 47.4 Å². The molecule has 0 fully saturated rings. The number of aliphatic hydroxyl groups is 2. The van der Waals surface area contributed by atoms with Crippen LogP contribution in [0.4, 0.5) is 0 Å². The standard InChI is InChI=1S/C58H111NO5/c1-3-5-7-9-11-13-15-17-18-20-23-27-30-34-38-42-46-50-56(61)55(54-60)59-57(62)51-47-43-39-35-31-28-24-21-19-22-25-29-33-37-41-45-49-53-64-58(63)52-48-44-40-36-32-26-16-14-12-10-8-6-4-2/h8,10,14,16,55-56,60-61H,3-7,9,11-13,15,17-54H2,1-2H3,(H,59,62)/b10-8-,16-14-. The van der Waals surface area contributed by atoms with Crippen molar-refractivity contribution in [2.45, 2.75) is 321 Å². The van der Waals surface area contributed by atoms with Crippen molar-refractivity contribution in [3.8, 4) is 0 Å². The smallest absolute Gasteiger partial charge is 0.305 e. The Labute approximate surface area is 399 Å². The Morgan fingerprint density at radius 3 is 1.25 bits per heavy atom.